The highest BCUT2D eigenvalue weighted by Crippen LogP contribution is 2.05. The van der Waals surface area contributed by atoms with E-state index in [1.807, 2.05) is 0 Å². The Morgan fingerprint density at radius 3 is 1.75 bits per heavy atom. The quantitative estimate of drug-likeness (QED) is 0.554. The standard InChI is InChI=1S/C12H27NO2.ClH/c1-2-3-4-5-6-7-8-13(9-11-14)10-12-15;/h14-15H,2-12H2,1H3;1H. The van der Waals surface area contributed by atoms with E-state index in [9.17, 15) is 0 Å². The van der Waals surface area contributed by atoms with Crippen molar-refractivity contribution in [3.05, 3.63) is 0 Å². The van der Waals surface area contributed by atoms with E-state index in [1.54, 1.807) is 0 Å². The molecule has 16 heavy (non-hydrogen) atoms. The molecule has 0 rings (SSSR count). The van der Waals surface area contributed by atoms with E-state index < -0.39 is 0 Å². The van der Waals surface area contributed by atoms with Crippen LogP contribution in [0, 0.1) is 0 Å². The van der Waals surface area contributed by atoms with Crippen LogP contribution in [-0.4, -0.2) is 48.0 Å². The summed E-state index contributed by atoms with van der Waals surface area (Å²) in [4.78, 5) is 2.12. The Hall–Kier alpha value is 0.170. The monoisotopic (exact) mass is 253 g/mol. The van der Waals surface area contributed by atoms with Gasteiger partial charge in [0.1, 0.15) is 0 Å². The van der Waals surface area contributed by atoms with Gasteiger partial charge in [-0.05, 0) is 13.0 Å². The van der Waals surface area contributed by atoms with Gasteiger partial charge in [-0.1, -0.05) is 39.0 Å². The summed E-state index contributed by atoms with van der Waals surface area (Å²) in [5, 5.41) is 17.6. The highest BCUT2D eigenvalue weighted by Gasteiger charge is 2.02. The fraction of sp³-hybridized carbons (Fsp3) is 1.00. The van der Waals surface area contributed by atoms with Crippen molar-refractivity contribution >= 4 is 12.4 Å². The van der Waals surface area contributed by atoms with Crippen LogP contribution in [0.2, 0.25) is 0 Å². The van der Waals surface area contributed by atoms with Gasteiger partial charge in [0, 0.05) is 13.1 Å². The van der Waals surface area contributed by atoms with Gasteiger partial charge in [0.05, 0.1) is 13.2 Å². The number of nitrogens with zero attached hydrogens (tertiary/aromatic N) is 1. The van der Waals surface area contributed by atoms with Crippen molar-refractivity contribution in [3.8, 4) is 0 Å². The highest BCUT2D eigenvalue weighted by molar-refractivity contribution is 5.85. The van der Waals surface area contributed by atoms with Gasteiger partial charge in [-0.25, -0.2) is 0 Å². The van der Waals surface area contributed by atoms with E-state index >= 15 is 0 Å². The van der Waals surface area contributed by atoms with Gasteiger partial charge in [-0.2, -0.15) is 0 Å². The van der Waals surface area contributed by atoms with Crippen molar-refractivity contribution in [3.63, 3.8) is 0 Å². The molecule has 0 saturated carbocycles. The molecule has 100 valence electrons. The lowest BCUT2D eigenvalue weighted by molar-refractivity contribution is 0.159. The molecule has 0 radical (unpaired) electrons. The molecule has 0 aromatic carbocycles. The van der Waals surface area contributed by atoms with E-state index in [0.29, 0.717) is 13.1 Å². The van der Waals surface area contributed by atoms with Crippen molar-refractivity contribution in [2.75, 3.05) is 32.8 Å². The zero-order chi connectivity index (χ0) is 11.4. The molecule has 0 fully saturated rings. The molecule has 0 unspecified atom stereocenters. The van der Waals surface area contributed by atoms with E-state index in [2.05, 4.69) is 11.8 Å². The van der Waals surface area contributed by atoms with E-state index in [-0.39, 0.29) is 25.6 Å². The Bertz CT molecular complexity index is 120. The van der Waals surface area contributed by atoms with Crippen molar-refractivity contribution in [2.45, 2.75) is 45.4 Å². The van der Waals surface area contributed by atoms with Gasteiger partial charge in [-0.15, -0.1) is 12.4 Å². The summed E-state index contributed by atoms with van der Waals surface area (Å²) in [6.07, 6.45) is 7.76. The molecule has 0 amide bonds. The first-order chi connectivity index (χ1) is 7.35. The largest absolute Gasteiger partial charge is 0.395 e. The first-order valence-electron chi connectivity index (χ1n) is 6.29. The summed E-state index contributed by atoms with van der Waals surface area (Å²) in [7, 11) is 0. The summed E-state index contributed by atoms with van der Waals surface area (Å²) in [5.74, 6) is 0. The van der Waals surface area contributed by atoms with Gasteiger partial charge in [0.15, 0.2) is 0 Å². The minimum Gasteiger partial charge on any atom is -0.395 e. The minimum atomic E-state index is 0. The third-order valence-electron chi connectivity index (χ3n) is 2.66. The molecular weight excluding hydrogens is 226 g/mol. The lowest BCUT2D eigenvalue weighted by atomic mass is 10.1. The van der Waals surface area contributed by atoms with Crippen LogP contribution in [0.5, 0.6) is 0 Å². The first kappa shape index (κ1) is 18.5. The third-order valence-corrected chi connectivity index (χ3v) is 2.66. The fourth-order valence-corrected chi connectivity index (χ4v) is 1.73. The van der Waals surface area contributed by atoms with Crippen molar-refractivity contribution in [1.29, 1.82) is 0 Å². The van der Waals surface area contributed by atoms with Gasteiger partial charge >= 0.3 is 0 Å². The van der Waals surface area contributed by atoms with Crippen LogP contribution in [0.15, 0.2) is 0 Å². The second-order valence-electron chi connectivity index (χ2n) is 4.06. The molecule has 0 aliphatic rings. The average molecular weight is 254 g/mol. The van der Waals surface area contributed by atoms with Gasteiger partial charge in [0.25, 0.3) is 0 Å². The van der Waals surface area contributed by atoms with E-state index in [0.717, 1.165) is 6.54 Å². The fourth-order valence-electron chi connectivity index (χ4n) is 1.73. The number of unbranched alkanes of at least 4 members (excludes halogenated alkanes) is 5. The zero-order valence-electron chi connectivity index (χ0n) is 10.5. The van der Waals surface area contributed by atoms with Crippen molar-refractivity contribution < 1.29 is 10.2 Å². The van der Waals surface area contributed by atoms with Crippen LogP contribution in [0.3, 0.4) is 0 Å². The molecule has 3 nitrogen and oxygen atoms in total. The molecule has 0 spiro atoms. The van der Waals surface area contributed by atoms with E-state index in [4.69, 9.17) is 10.2 Å². The molecule has 0 saturated heterocycles. The molecule has 0 aromatic rings. The molecule has 0 aliphatic heterocycles. The second kappa shape index (κ2) is 15.2. The van der Waals surface area contributed by atoms with Crippen molar-refractivity contribution in [1.82, 2.24) is 4.90 Å². The molecule has 0 aliphatic carbocycles. The van der Waals surface area contributed by atoms with Gasteiger partial charge in [-0.3, -0.25) is 4.90 Å². The maximum Gasteiger partial charge on any atom is 0.0558 e. The number of hydrogen-bond donors (Lipinski definition) is 2. The molecule has 0 aromatic heterocycles. The molecule has 0 atom stereocenters. The van der Waals surface area contributed by atoms with Crippen LogP contribution in [0.1, 0.15) is 45.4 Å². The number of rotatable bonds is 11. The van der Waals surface area contributed by atoms with Gasteiger partial charge in [0.2, 0.25) is 0 Å². The predicted molar refractivity (Wildman–Crippen MR) is 71.2 cm³/mol. The lowest BCUT2D eigenvalue weighted by Crippen LogP contribution is -2.30. The Morgan fingerprint density at radius 2 is 1.25 bits per heavy atom. The van der Waals surface area contributed by atoms with Crippen LogP contribution in [0.25, 0.3) is 0 Å². The normalized spacial score (nSPS) is 10.5. The summed E-state index contributed by atoms with van der Waals surface area (Å²) in [6, 6.07) is 0. The second-order valence-corrected chi connectivity index (χ2v) is 4.06. The minimum absolute atomic E-state index is 0. The number of hydrogen-bond acceptors (Lipinski definition) is 3. The Labute approximate surface area is 106 Å². The number of halogens is 1. The third kappa shape index (κ3) is 12.2. The summed E-state index contributed by atoms with van der Waals surface area (Å²) >= 11 is 0. The SMILES string of the molecule is CCCCCCCCN(CCO)CCO.Cl. The topological polar surface area (TPSA) is 43.7 Å². The van der Waals surface area contributed by atoms with Crippen LogP contribution in [-0.2, 0) is 0 Å². The highest BCUT2D eigenvalue weighted by atomic mass is 35.5. The molecule has 4 heteroatoms. The smallest absolute Gasteiger partial charge is 0.0558 e. The summed E-state index contributed by atoms with van der Waals surface area (Å²) < 4.78 is 0. The van der Waals surface area contributed by atoms with Crippen molar-refractivity contribution in [2.24, 2.45) is 0 Å². The summed E-state index contributed by atoms with van der Waals surface area (Å²) in [6.45, 7) is 4.99. The lowest BCUT2D eigenvalue weighted by Gasteiger charge is -2.19. The maximum absolute atomic E-state index is 8.81. The molecule has 0 heterocycles. The molecule has 2 N–H and O–H groups in total. The Morgan fingerprint density at radius 1 is 0.750 bits per heavy atom. The first-order valence-corrected chi connectivity index (χ1v) is 6.29. The predicted octanol–water partition coefficient (Wildman–Crippen LogP) is 2.06. The molecular formula is C12H28ClNO2. The van der Waals surface area contributed by atoms with Crippen LogP contribution < -0.4 is 0 Å². The van der Waals surface area contributed by atoms with Gasteiger partial charge < -0.3 is 10.2 Å². The molecule has 0 bridgehead atoms. The average Bonchev–Trinajstić information content (AvgIpc) is 2.24. The Kier molecular flexibility index (Phi) is 17.6. The van der Waals surface area contributed by atoms with Crippen LogP contribution >= 0.6 is 12.4 Å². The number of aliphatic hydroxyl groups is 2. The Balaban J connectivity index is 0. The van der Waals surface area contributed by atoms with E-state index in [1.165, 1.54) is 38.5 Å². The number of aliphatic hydroxyl groups excluding tert-OH is 2. The maximum atomic E-state index is 8.81. The summed E-state index contributed by atoms with van der Waals surface area (Å²) in [5.41, 5.74) is 0. The van der Waals surface area contributed by atoms with Crippen LogP contribution in [0.4, 0.5) is 0 Å². The zero-order valence-corrected chi connectivity index (χ0v) is 11.3.